The molecular formula is C14H16F3N3. The van der Waals surface area contributed by atoms with E-state index in [1.54, 1.807) is 18.5 Å². The maximum atomic E-state index is 12.9. The average molecular weight is 283 g/mol. The number of aromatic nitrogens is 2. The van der Waals surface area contributed by atoms with Gasteiger partial charge in [0.25, 0.3) is 0 Å². The van der Waals surface area contributed by atoms with Crippen molar-refractivity contribution < 1.29 is 13.2 Å². The molecule has 0 spiro atoms. The van der Waals surface area contributed by atoms with Gasteiger partial charge in [-0.05, 0) is 25.0 Å². The summed E-state index contributed by atoms with van der Waals surface area (Å²) in [6.07, 6.45) is -0.644. The van der Waals surface area contributed by atoms with E-state index in [2.05, 4.69) is 15.3 Å². The Morgan fingerprint density at radius 1 is 1.30 bits per heavy atom. The van der Waals surface area contributed by atoms with E-state index in [0.717, 1.165) is 11.9 Å². The lowest BCUT2D eigenvalue weighted by atomic mass is 10.0. The summed E-state index contributed by atoms with van der Waals surface area (Å²) >= 11 is 0. The van der Waals surface area contributed by atoms with Crippen LogP contribution in [0.25, 0.3) is 0 Å². The lowest BCUT2D eigenvalue weighted by molar-refractivity contribution is -0.138. The molecule has 1 heterocycles. The van der Waals surface area contributed by atoms with Gasteiger partial charge in [-0.25, -0.2) is 4.98 Å². The number of nitrogens with zero attached hydrogens (tertiary/aromatic N) is 1. The molecule has 0 aliphatic heterocycles. The Morgan fingerprint density at radius 3 is 2.70 bits per heavy atom. The van der Waals surface area contributed by atoms with Crippen molar-refractivity contribution >= 4 is 0 Å². The lowest BCUT2D eigenvalue weighted by Crippen LogP contribution is -2.29. The molecule has 2 N–H and O–H groups in total. The molecule has 1 atom stereocenters. The molecule has 0 saturated heterocycles. The van der Waals surface area contributed by atoms with Crippen LogP contribution < -0.4 is 5.32 Å². The summed E-state index contributed by atoms with van der Waals surface area (Å²) in [5.74, 6) is 0.765. The molecule has 6 heteroatoms. The maximum Gasteiger partial charge on any atom is 0.416 e. The van der Waals surface area contributed by atoms with Gasteiger partial charge in [-0.3, -0.25) is 0 Å². The first-order valence-corrected chi connectivity index (χ1v) is 6.33. The minimum atomic E-state index is -4.31. The van der Waals surface area contributed by atoms with Gasteiger partial charge in [0.2, 0.25) is 0 Å². The molecule has 2 rings (SSSR count). The number of hydrogen-bond acceptors (Lipinski definition) is 2. The number of rotatable bonds is 5. The molecule has 0 amide bonds. The number of hydrogen-bond donors (Lipinski definition) is 2. The fourth-order valence-electron chi connectivity index (χ4n) is 2.04. The van der Waals surface area contributed by atoms with Crippen LogP contribution in [0.4, 0.5) is 13.2 Å². The highest BCUT2D eigenvalue weighted by Gasteiger charge is 2.32. The summed E-state index contributed by atoms with van der Waals surface area (Å²) < 4.78 is 38.6. The Bertz CT molecular complexity index is 535. The van der Waals surface area contributed by atoms with Crippen molar-refractivity contribution in [2.45, 2.75) is 32.1 Å². The van der Waals surface area contributed by atoms with E-state index in [9.17, 15) is 13.2 Å². The molecule has 0 fully saturated rings. The normalized spacial score (nSPS) is 13.4. The molecule has 20 heavy (non-hydrogen) atoms. The number of imidazole rings is 1. The molecule has 2 aromatic rings. The molecular weight excluding hydrogens is 267 g/mol. The average Bonchev–Trinajstić information content (AvgIpc) is 2.89. The molecule has 0 aliphatic carbocycles. The predicted octanol–water partition coefficient (Wildman–Crippen LogP) is 3.15. The number of benzene rings is 1. The van der Waals surface area contributed by atoms with Crippen LogP contribution in [-0.2, 0) is 19.1 Å². The first-order valence-electron chi connectivity index (χ1n) is 6.33. The standard InChI is InChI=1S/C14H16F3N3/c1-10(20-9-13-18-6-7-19-13)8-11-4-2-3-5-12(11)14(15,16)17/h2-7,10,20H,8-9H2,1H3,(H,18,19). The summed E-state index contributed by atoms with van der Waals surface area (Å²) in [5.41, 5.74) is -0.258. The lowest BCUT2D eigenvalue weighted by Gasteiger charge is -2.17. The predicted molar refractivity (Wildman–Crippen MR) is 70.0 cm³/mol. The van der Waals surface area contributed by atoms with Crippen molar-refractivity contribution in [2.24, 2.45) is 0 Å². The van der Waals surface area contributed by atoms with Gasteiger partial charge in [-0.15, -0.1) is 0 Å². The zero-order chi connectivity index (χ0) is 14.6. The van der Waals surface area contributed by atoms with Crippen molar-refractivity contribution in [3.8, 4) is 0 Å². The van der Waals surface area contributed by atoms with Gasteiger partial charge in [0.15, 0.2) is 0 Å². The summed E-state index contributed by atoms with van der Waals surface area (Å²) in [6.45, 7) is 2.36. The van der Waals surface area contributed by atoms with Gasteiger partial charge < -0.3 is 10.3 Å². The molecule has 1 aromatic carbocycles. The minimum absolute atomic E-state index is 0.0800. The molecule has 0 aliphatic rings. The second-order valence-electron chi connectivity index (χ2n) is 4.68. The first kappa shape index (κ1) is 14.6. The van der Waals surface area contributed by atoms with Crippen LogP contribution in [0.1, 0.15) is 23.9 Å². The van der Waals surface area contributed by atoms with Gasteiger partial charge >= 0.3 is 6.18 Å². The van der Waals surface area contributed by atoms with Gasteiger partial charge in [-0.2, -0.15) is 13.2 Å². The summed E-state index contributed by atoms with van der Waals surface area (Å²) in [6, 6.07) is 5.60. The van der Waals surface area contributed by atoms with E-state index in [1.807, 2.05) is 6.92 Å². The Kier molecular flexibility index (Phi) is 4.44. The van der Waals surface area contributed by atoms with Crippen molar-refractivity contribution in [1.29, 1.82) is 0 Å². The van der Waals surface area contributed by atoms with Crippen molar-refractivity contribution in [2.75, 3.05) is 0 Å². The second kappa shape index (κ2) is 6.09. The topological polar surface area (TPSA) is 40.7 Å². The molecule has 0 bridgehead atoms. The summed E-state index contributed by atoms with van der Waals surface area (Å²) in [7, 11) is 0. The van der Waals surface area contributed by atoms with E-state index in [-0.39, 0.29) is 6.04 Å². The third-order valence-corrected chi connectivity index (χ3v) is 3.02. The van der Waals surface area contributed by atoms with Crippen LogP contribution in [0.3, 0.4) is 0 Å². The third-order valence-electron chi connectivity index (χ3n) is 3.02. The number of H-pyrrole nitrogens is 1. The highest BCUT2D eigenvalue weighted by molar-refractivity contribution is 5.30. The Labute approximate surface area is 115 Å². The van der Waals surface area contributed by atoms with E-state index in [0.29, 0.717) is 18.5 Å². The minimum Gasteiger partial charge on any atom is -0.348 e. The zero-order valence-electron chi connectivity index (χ0n) is 11.0. The maximum absolute atomic E-state index is 12.9. The zero-order valence-corrected chi connectivity index (χ0v) is 11.0. The summed E-state index contributed by atoms with van der Waals surface area (Å²) in [4.78, 5) is 6.99. The second-order valence-corrected chi connectivity index (χ2v) is 4.68. The van der Waals surface area contributed by atoms with Crippen LogP contribution in [-0.4, -0.2) is 16.0 Å². The van der Waals surface area contributed by atoms with E-state index in [4.69, 9.17) is 0 Å². The monoisotopic (exact) mass is 283 g/mol. The van der Waals surface area contributed by atoms with Gasteiger partial charge in [-0.1, -0.05) is 18.2 Å². The van der Waals surface area contributed by atoms with Crippen LogP contribution in [0.2, 0.25) is 0 Å². The summed E-state index contributed by atoms with van der Waals surface area (Å²) in [5, 5.41) is 3.15. The fraction of sp³-hybridized carbons (Fsp3) is 0.357. The van der Waals surface area contributed by atoms with Crippen LogP contribution in [0.15, 0.2) is 36.7 Å². The Hall–Kier alpha value is -1.82. The third kappa shape index (κ3) is 3.84. The quantitative estimate of drug-likeness (QED) is 0.885. The molecule has 1 unspecified atom stereocenters. The molecule has 3 nitrogen and oxygen atoms in total. The molecule has 0 saturated carbocycles. The smallest absolute Gasteiger partial charge is 0.348 e. The van der Waals surface area contributed by atoms with Crippen molar-refractivity contribution in [1.82, 2.24) is 15.3 Å². The fourth-order valence-corrected chi connectivity index (χ4v) is 2.04. The number of alkyl halides is 3. The van der Waals surface area contributed by atoms with Crippen molar-refractivity contribution in [3.63, 3.8) is 0 Å². The number of aromatic amines is 1. The molecule has 0 radical (unpaired) electrons. The van der Waals surface area contributed by atoms with Gasteiger partial charge in [0.1, 0.15) is 5.82 Å². The molecule has 1 aromatic heterocycles. The highest BCUT2D eigenvalue weighted by atomic mass is 19.4. The molecule has 108 valence electrons. The number of nitrogens with one attached hydrogen (secondary N) is 2. The number of halogens is 3. The van der Waals surface area contributed by atoms with E-state index < -0.39 is 11.7 Å². The SMILES string of the molecule is CC(Cc1ccccc1C(F)(F)F)NCc1ncc[nH]1. The highest BCUT2D eigenvalue weighted by Crippen LogP contribution is 2.32. The van der Waals surface area contributed by atoms with Gasteiger partial charge in [0.05, 0.1) is 12.1 Å². The van der Waals surface area contributed by atoms with Crippen LogP contribution in [0, 0.1) is 0 Å². The largest absolute Gasteiger partial charge is 0.416 e. The Morgan fingerprint density at radius 2 is 2.05 bits per heavy atom. The van der Waals surface area contributed by atoms with E-state index in [1.165, 1.54) is 12.1 Å². The van der Waals surface area contributed by atoms with Crippen LogP contribution >= 0.6 is 0 Å². The van der Waals surface area contributed by atoms with E-state index >= 15 is 0 Å². The van der Waals surface area contributed by atoms with Crippen LogP contribution in [0.5, 0.6) is 0 Å². The first-order chi connectivity index (χ1) is 9.47. The van der Waals surface area contributed by atoms with Crippen molar-refractivity contribution in [3.05, 3.63) is 53.6 Å². The van der Waals surface area contributed by atoms with Gasteiger partial charge in [0, 0.05) is 18.4 Å². The Balaban J connectivity index is 1.99.